The second-order valence-corrected chi connectivity index (χ2v) is 7.30. The van der Waals surface area contributed by atoms with Crippen molar-refractivity contribution in [3.63, 3.8) is 0 Å². The van der Waals surface area contributed by atoms with Crippen LogP contribution in [0.5, 0.6) is 5.75 Å². The van der Waals surface area contributed by atoms with Crippen LogP contribution >= 0.6 is 0 Å². The minimum absolute atomic E-state index is 0.0894. The number of esters is 1. The van der Waals surface area contributed by atoms with Gasteiger partial charge in [0.1, 0.15) is 11.8 Å². The molecule has 1 heterocycles. The van der Waals surface area contributed by atoms with Gasteiger partial charge in [0.25, 0.3) is 0 Å². The first-order valence-electron chi connectivity index (χ1n) is 9.86. The van der Waals surface area contributed by atoms with E-state index in [2.05, 4.69) is 28.3 Å². The Morgan fingerprint density at radius 3 is 2.66 bits per heavy atom. The lowest BCUT2D eigenvalue weighted by molar-refractivity contribution is -0.118. The van der Waals surface area contributed by atoms with Crippen LogP contribution in [0, 0.1) is 5.92 Å². The first-order chi connectivity index (χ1) is 14.1. The molecular weight excluding hydrogens is 370 g/mol. The quantitative estimate of drug-likeness (QED) is 0.675. The number of carbonyl (C=O) groups is 2. The second kappa shape index (κ2) is 8.23. The fourth-order valence-electron chi connectivity index (χ4n) is 4.16. The Balaban J connectivity index is 1.43. The zero-order valence-corrected chi connectivity index (χ0v) is 16.5. The molecule has 0 spiro atoms. The molecule has 1 amide bonds. The number of nitrogens with one attached hydrogen (secondary N) is 3. The number of aryl methyl sites for hydroxylation is 1. The monoisotopic (exact) mass is 395 g/mol. The predicted molar refractivity (Wildman–Crippen MR) is 109 cm³/mol. The predicted octanol–water partition coefficient (Wildman–Crippen LogP) is 2.59. The van der Waals surface area contributed by atoms with E-state index >= 15 is 0 Å². The molecule has 2 aliphatic rings. The minimum Gasteiger partial charge on any atom is -0.497 e. The van der Waals surface area contributed by atoms with E-state index in [9.17, 15) is 9.59 Å². The maximum Gasteiger partial charge on any atom is 0.338 e. The summed E-state index contributed by atoms with van der Waals surface area (Å²) in [5, 5.41) is 2.94. The third-order valence-electron chi connectivity index (χ3n) is 5.63. The van der Waals surface area contributed by atoms with Crippen LogP contribution in [0.25, 0.3) is 0 Å². The summed E-state index contributed by atoms with van der Waals surface area (Å²) in [7, 11) is 1.67. The molecular formula is C22H25N3O4. The van der Waals surface area contributed by atoms with E-state index in [0.29, 0.717) is 17.9 Å². The summed E-state index contributed by atoms with van der Waals surface area (Å²) in [6, 6.07) is 12.6. The molecule has 1 aliphatic carbocycles. The zero-order chi connectivity index (χ0) is 20.4. The summed E-state index contributed by atoms with van der Waals surface area (Å²) >= 11 is 0. The molecule has 2 aromatic carbocycles. The van der Waals surface area contributed by atoms with E-state index in [1.54, 1.807) is 38.3 Å². The molecule has 1 saturated heterocycles. The smallest absolute Gasteiger partial charge is 0.338 e. The number of amides is 1. The summed E-state index contributed by atoms with van der Waals surface area (Å²) in [4.78, 5) is 24.6. The molecule has 0 aromatic heterocycles. The fraction of sp³-hybridized carbons (Fsp3) is 0.364. The highest BCUT2D eigenvalue weighted by atomic mass is 16.5. The molecule has 7 nitrogen and oxygen atoms in total. The van der Waals surface area contributed by atoms with Gasteiger partial charge in [-0.05, 0) is 67.3 Å². The third-order valence-corrected chi connectivity index (χ3v) is 5.63. The second-order valence-electron chi connectivity index (χ2n) is 7.30. The van der Waals surface area contributed by atoms with Gasteiger partial charge < -0.3 is 14.8 Å². The van der Waals surface area contributed by atoms with E-state index in [1.165, 1.54) is 11.1 Å². The van der Waals surface area contributed by atoms with Crippen molar-refractivity contribution in [3.05, 3.63) is 59.2 Å². The van der Waals surface area contributed by atoms with Crippen LogP contribution in [-0.2, 0) is 16.0 Å². The molecule has 3 N–H and O–H groups in total. The molecule has 3 unspecified atom stereocenters. The maximum absolute atomic E-state index is 12.9. The molecule has 29 heavy (non-hydrogen) atoms. The normalized spacial score (nSPS) is 22.3. The molecule has 1 fully saturated rings. The van der Waals surface area contributed by atoms with Crippen molar-refractivity contribution < 1.29 is 19.1 Å². The number of benzene rings is 2. The third kappa shape index (κ3) is 3.83. The summed E-state index contributed by atoms with van der Waals surface area (Å²) in [6.45, 7) is 2.10. The summed E-state index contributed by atoms with van der Waals surface area (Å²) in [5.74, 6) is 0.557. The highest BCUT2D eigenvalue weighted by Gasteiger charge is 2.43. The van der Waals surface area contributed by atoms with E-state index in [1.807, 2.05) is 6.07 Å². The van der Waals surface area contributed by atoms with Crippen molar-refractivity contribution in [2.45, 2.75) is 31.8 Å². The molecule has 152 valence electrons. The van der Waals surface area contributed by atoms with Crippen molar-refractivity contribution in [1.29, 1.82) is 0 Å². The number of ether oxygens (including phenoxy) is 2. The number of fused-ring (bicyclic) bond motifs is 3. The van der Waals surface area contributed by atoms with Crippen molar-refractivity contribution in [2.24, 2.45) is 5.92 Å². The van der Waals surface area contributed by atoms with Crippen LogP contribution in [-0.4, -0.2) is 31.6 Å². The average molecular weight is 395 g/mol. The minimum atomic E-state index is -0.368. The van der Waals surface area contributed by atoms with Gasteiger partial charge in [-0.15, -0.1) is 0 Å². The molecule has 4 rings (SSSR count). The number of carbonyl (C=O) groups excluding carboxylic acids is 2. The highest BCUT2D eigenvalue weighted by Crippen LogP contribution is 2.40. The van der Waals surface area contributed by atoms with Crippen molar-refractivity contribution in [2.75, 3.05) is 19.0 Å². The van der Waals surface area contributed by atoms with Gasteiger partial charge in [-0.2, -0.15) is 0 Å². The molecule has 0 bridgehead atoms. The van der Waals surface area contributed by atoms with Gasteiger partial charge in [-0.3, -0.25) is 4.79 Å². The Bertz CT molecular complexity index is 913. The Morgan fingerprint density at radius 2 is 1.93 bits per heavy atom. The van der Waals surface area contributed by atoms with Gasteiger partial charge in [0.05, 0.1) is 25.3 Å². The Morgan fingerprint density at radius 1 is 1.14 bits per heavy atom. The maximum atomic E-state index is 12.9. The number of rotatable bonds is 5. The molecule has 1 aliphatic heterocycles. The summed E-state index contributed by atoms with van der Waals surface area (Å²) in [6.07, 6.45) is 1.82. The first-order valence-corrected chi connectivity index (χ1v) is 9.86. The van der Waals surface area contributed by atoms with Crippen LogP contribution in [0.2, 0.25) is 0 Å². The van der Waals surface area contributed by atoms with Gasteiger partial charge in [0.15, 0.2) is 0 Å². The molecule has 2 aromatic rings. The van der Waals surface area contributed by atoms with Gasteiger partial charge in [0, 0.05) is 11.6 Å². The average Bonchev–Trinajstić information content (AvgIpc) is 3.18. The summed E-state index contributed by atoms with van der Waals surface area (Å²) in [5.41, 5.74) is 10.0. The van der Waals surface area contributed by atoms with Gasteiger partial charge in [-0.1, -0.05) is 6.07 Å². The Hall–Kier alpha value is -2.90. The van der Waals surface area contributed by atoms with Gasteiger partial charge in [-0.25, -0.2) is 15.6 Å². The molecule has 7 heteroatoms. The van der Waals surface area contributed by atoms with E-state index in [4.69, 9.17) is 9.47 Å². The van der Waals surface area contributed by atoms with Crippen LogP contribution in [0.15, 0.2) is 42.5 Å². The SMILES string of the molecule is CCOC(=O)c1ccc(NC(=O)C2NNC3c4ccc(OC)cc4CCC23)cc1. The number of hydrogen-bond acceptors (Lipinski definition) is 6. The topological polar surface area (TPSA) is 88.7 Å². The van der Waals surface area contributed by atoms with Crippen molar-refractivity contribution >= 4 is 17.6 Å². The molecule has 0 saturated carbocycles. The zero-order valence-electron chi connectivity index (χ0n) is 16.5. The number of hydrazine groups is 1. The van der Waals surface area contributed by atoms with E-state index < -0.39 is 0 Å². The highest BCUT2D eigenvalue weighted by molar-refractivity contribution is 5.96. The van der Waals surface area contributed by atoms with Crippen LogP contribution in [0.4, 0.5) is 5.69 Å². The lowest BCUT2D eigenvalue weighted by Crippen LogP contribution is -2.42. The van der Waals surface area contributed by atoms with Gasteiger partial charge in [0.2, 0.25) is 5.91 Å². The van der Waals surface area contributed by atoms with Crippen LogP contribution in [0.3, 0.4) is 0 Å². The Labute approximate surface area is 169 Å². The van der Waals surface area contributed by atoms with Crippen molar-refractivity contribution in [1.82, 2.24) is 10.9 Å². The van der Waals surface area contributed by atoms with Crippen LogP contribution < -0.4 is 20.9 Å². The fourth-order valence-corrected chi connectivity index (χ4v) is 4.16. The molecule has 3 atom stereocenters. The largest absolute Gasteiger partial charge is 0.497 e. The lowest BCUT2D eigenvalue weighted by atomic mass is 9.77. The van der Waals surface area contributed by atoms with E-state index in [0.717, 1.165) is 18.6 Å². The van der Waals surface area contributed by atoms with Gasteiger partial charge >= 0.3 is 5.97 Å². The first kappa shape index (κ1) is 19.4. The summed E-state index contributed by atoms with van der Waals surface area (Å²) < 4.78 is 10.3. The number of anilines is 1. The number of methoxy groups -OCH3 is 1. The lowest BCUT2D eigenvalue weighted by Gasteiger charge is -2.29. The van der Waals surface area contributed by atoms with Crippen molar-refractivity contribution in [3.8, 4) is 5.75 Å². The number of hydrogen-bond donors (Lipinski definition) is 3. The molecule has 0 radical (unpaired) electrons. The van der Waals surface area contributed by atoms with Crippen LogP contribution in [0.1, 0.15) is 40.9 Å². The standard InChI is InChI=1S/C22H25N3O4/c1-3-29-22(27)13-4-7-15(8-5-13)23-21(26)20-18-10-6-14-12-16(28-2)9-11-17(14)19(18)24-25-20/h4-5,7-9,11-12,18-20,24-25H,3,6,10H2,1-2H3,(H,23,26). The van der Waals surface area contributed by atoms with E-state index in [-0.39, 0.29) is 29.9 Å². The Kier molecular flexibility index (Phi) is 5.51.